The molecule has 0 unspecified atom stereocenters. The summed E-state index contributed by atoms with van der Waals surface area (Å²) in [6, 6.07) is 0.788. The second-order valence-corrected chi connectivity index (χ2v) is 10.5. The van der Waals surface area contributed by atoms with Gasteiger partial charge >= 0.3 is 0 Å². The summed E-state index contributed by atoms with van der Waals surface area (Å²) in [5.41, 5.74) is 1.33. The van der Waals surface area contributed by atoms with Crippen LogP contribution in [0.3, 0.4) is 0 Å². The largest absolute Gasteiger partial charge is 0.395 e. The summed E-state index contributed by atoms with van der Waals surface area (Å²) in [4.78, 5) is 20.1. The molecule has 0 saturated carbocycles. The van der Waals surface area contributed by atoms with Crippen LogP contribution in [-0.4, -0.2) is 89.5 Å². The maximum atomic E-state index is 9.78. The number of nitrogens with zero attached hydrogens (tertiary/aromatic N) is 5. The quantitative estimate of drug-likeness (QED) is 0.733. The third-order valence-electron chi connectivity index (χ3n) is 7.33. The van der Waals surface area contributed by atoms with Crippen molar-refractivity contribution in [3.05, 3.63) is 16.3 Å². The molecule has 2 aromatic heterocycles. The monoisotopic (exact) mass is 445 g/mol. The highest BCUT2D eigenvalue weighted by molar-refractivity contribution is 7.18. The number of anilines is 1. The molecule has 1 N–H and O–H groups in total. The van der Waals surface area contributed by atoms with Gasteiger partial charge in [0.25, 0.3) is 0 Å². The van der Waals surface area contributed by atoms with Crippen molar-refractivity contribution >= 4 is 27.4 Å². The molecule has 5 rings (SSSR count). The van der Waals surface area contributed by atoms with E-state index in [2.05, 4.69) is 28.5 Å². The summed E-state index contributed by atoms with van der Waals surface area (Å²) >= 11 is 1.80. The minimum absolute atomic E-state index is 0.275. The van der Waals surface area contributed by atoms with E-state index < -0.39 is 0 Å². The van der Waals surface area contributed by atoms with Gasteiger partial charge in [-0.05, 0) is 51.6 Å². The van der Waals surface area contributed by atoms with Gasteiger partial charge in [0.05, 0.1) is 31.8 Å². The van der Waals surface area contributed by atoms with Gasteiger partial charge in [0.15, 0.2) is 0 Å². The number of likely N-dealkylation sites (tertiary alicyclic amines) is 1. The van der Waals surface area contributed by atoms with E-state index in [1.165, 1.54) is 35.1 Å². The average Bonchev–Trinajstić information content (AvgIpc) is 3.49. The van der Waals surface area contributed by atoms with Crippen LogP contribution in [-0.2, 0) is 11.3 Å². The van der Waals surface area contributed by atoms with Crippen LogP contribution in [0.25, 0.3) is 10.2 Å². The molecule has 0 bridgehead atoms. The van der Waals surface area contributed by atoms with Gasteiger partial charge in [-0.3, -0.25) is 9.80 Å². The van der Waals surface area contributed by atoms with E-state index in [1.54, 1.807) is 11.3 Å². The van der Waals surface area contributed by atoms with Crippen molar-refractivity contribution in [2.45, 2.75) is 58.2 Å². The Kier molecular flexibility index (Phi) is 6.44. The standard InChI is InChI=1S/C23H35N5O2S/c1-16-17(2)31-23-21(16)22(24-20(25-23)14-26-9-11-30-12-10-26)28-8-4-5-18(28)13-27-7-3-6-19(27)15-29/h18-19,29H,3-15H2,1-2H3/t18-,19-/m0/s1. The third-order valence-corrected chi connectivity index (χ3v) is 8.43. The molecular weight excluding hydrogens is 410 g/mol. The topological polar surface area (TPSA) is 65.0 Å². The molecule has 0 radical (unpaired) electrons. The van der Waals surface area contributed by atoms with E-state index in [4.69, 9.17) is 14.7 Å². The van der Waals surface area contributed by atoms with E-state index >= 15 is 0 Å². The maximum Gasteiger partial charge on any atom is 0.146 e. The molecule has 0 aliphatic carbocycles. The number of thiophene rings is 1. The van der Waals surface area contributed by atoms with E-state index in [0.717, 1.165) is 75.4 Å². The normalized spacial score (nSPS) is 25.8. The molecule has 0 amide bonds. The van der Waals surface area contributed by atoms with Gasteiger partial charge in [0.1, 0.15) is 16.5 Å². The highest BCUT2D eigenvalue weighted by Crippen LogP contribution is 2.38. The number of aryl methyl sites for hydroxylation is 2. The Labute approximate surface area is 189 Å². The summed E-state index contributed by atoms with van der Waals surface area (Å²) in [5, 5.41) is 11.0. The summed E-state index contributed by atoms with van der Waals surface area (Å²) < 4.78 is 5.52. The fourth-order valence-corrected chi connectivity index (χ4v) is 6.47. The lowest BCUT2D eigenvalue weighted by molar-refractivity contribution is 0.0331. The minimum Gasteiger partial charge on any atom is -0.395 e. The smallest absolute Gasteiger partial charge is 0.146 e. The second-order valence-electron chi connectivity index (χ2n) is 9.28. The lowest BCUT2D eigenvalue weighted by Gasteiger charge is -2.32. The zero-order valence-electron chi connectivity index (χ0n) is 18.8. The Bertz CT molecular complexity index is 913. The molecule has 3 saturated heterocycles. The lowest BCUT2D eigenvalue weighted by atomic mass is 10.1. The van der Waals surface area contributed by atoms with Crippen molar-refractivity contribution < 1.29 is 9.84 Å². The highest BCUT2D eigenvalue weighted by Gasteiger charge is 2.33. The zero-order chi connectivity index (χ0) is 21.4. The third kappa shape index (κ3) is 4.33. The molecule has 3 aliphatic rings. The Balaban J connectivity index is 1.46. The average molecular weight is 446 g/mol. The first kappa shape index (κ1) is 21.5. The molecule has 0 spiro atoms. The Morgan fingerprint density at radius 2 is 1.81 bits per heavy atom. The van der Waals surface area contributed by atoms with Crippen molar-refractivity contribution in [1.82, 2.24) is 19.8 Å². The molecule has 2 aromatic rings. The van der Waals surface area contributed by atoms with Crippen LogP contribution in [0.1, 0.15) is 41.9 Å². The van der Waals surface area contributed by atoms with Gasteiger partial charge in [-0.15, -0.1) is 11.3 Å². The summed E-state index contributed by atoms with van der Waals surface area (Å²) in [6.07, 6.45) is 4.71. The van der Waals surface area contributed by atoms with Crippen molar-refractivity contribution in [1.29, 1.82) is 0 Å². The fourth-order valence-electron chi connectivity index (χ4n) is 5.43. The molecule has 31 heavy (non-hydrogen) atoms. The van der Waals surface area contributed by atoms with Gasteiger partial charge in [-0.1, -0.05) is 0 Å². The van der Waals surface area contributed by atoms with Crippen LogP contribution in [0.2, 0.25) is 0 Å². The van der Waals surface area contributed by atoms with Crippen molar-refractivity contribution in [3.63, 3.8) is 0 Å². The SMILES string of the molecule is Cc1sc2nc(CN3CCOCC3)nc(N3CCC[C@H]3CN3CCC[C@H]3CO)c2c1C. The molecule has 2 atom stereocenters. The second kappa shape index (κ2) is 9.27. The van der Waals surface area contributed by atoms with Crippen LogP contribution in [0, 0.1) is 13.8 Å². The number of aromatic nitrogens is 2. The predicted octanol–water partition coefficient (Wildman–Crippen LogP) is 2.57. The Hall–Kier alpha value is -1.32. The van der Waals surface area contributed by atoms with Gasteiger partial charge in [-0.25, -0.2) is 9.97 Å². The van der Waals surface area contributed by atoms with Crippen molar-refractivity contribution in [2.75, 3.05) is 57.4 Å². The van der Waals surface area contributed by atoms with Crippen LogP contribution < -0.4 is 4.90 Å². The van der Waals surface area contributed by atoms with Crippen LogP contribution >= 0.6 is 11.3 Å². The van der Waals surface area contributed by atoms with Gasteiger partial charge in [0.2, 0.25) is 0 Å². The number of rotatable bonds is 6. The number of hydrogen-bond donors (Lipinski definition) is 1. The summed E-state index contributed by atoms with van der Waals surface area (Å²) in [5.74, 6) is 2.07. The minimum atomic E-state index is 0.275. The van der Waals surface area contributed by atoms with E-state index in [1.807, 2.05) is 0 Å². The maximum absolute atomic E-state index is 9.78. The molecular formula is C23H35N5O2S. The van der Waals surface area contributed by atoms with Crippen LogP contribution in [0.15, 0.2) is 0 Å². The van der Waals surface area contributed by atoms with E-state index in [9.17, 15) is 5.11 Å². The number of aliphatic hydroxyl groups excluding tert-OH is 1. The Morgan fingerprint density at radius 1 is 1.03 bits per heavy atom. The summed E-state index contributed by atoms with van der Waals surface area (Å²) in [7, 11) is 0. The number of ether oxygens (including phenoxy) is 1. The van der Waals surface area contributed by atoms with Crippen LogP contribution in [0.4, 0.5) is 5.82 Å². The number of morpholine rings is 1. The molecule has 3 aliphatic heterocycles. The van der Waals surface area contributed by atoms with Gasteiger partial charge in [-0.2, -0.15) is 0 Å². The predicted molar refractivity (Wildman–Crippen MR) is 125 cm³/mol. The van der Waals surface area contributed by atoms with Gasteiger partial charge < -0.3 is 14.7 Å². The molecule has 8 heteroatoms. The molecule has 7 nitrogen and oxygen atoms in total. The van der Waals surface area contributed by atoms with E-state index in [-0.39, 0.29) is 6.61 Å². The molecule has 5 heterocycles. The molecule has 3 fully saturated rings. The highest BCUT2D eigenvalue weighted by atomic mass is 32.1. The van der Waals surface area contributed by atoms with Crippen molar-refractivity contribution in [2.24, 2.45) is 0 Å². The first-order chi connectivity index (χ1) is 15.1. The lowest BCUT2D eigenvalue weighted by Crippen LogP contribution is -2.44. The van der Waals surface area contributed by atoms with Crippen molar-refractivity contribution in [3.8, 4) is 0 Å². The number of hydrogen-bond acceptors (Lipinski definition) is 8. The first-order valence-corrected chi connectivity index (χ1v) is 12.6. The number of aliphatic hydroxyl groups is 1. The first-order valence-electron chi connectivity index (χ1n) is 11.8. The van der Waals surface area contributed by atoms with E-state index in [0.29, 0.717) is 12.1 Å². The summed E-state index contributed by atoms with van der Waals surface area (Å²) in [6.45, 7) is 12.2. The van der Waals surface area contributed by atoms with Gasteiger partial charge in [0, 0.05) is 43.1 Å². The fraction of sp³-hybridized carbons (Fsp3) is 0.739. The zero-order valence-corrected chi connectivity index (χ0v) is 19.7. The Morgan fingerprint density at radius 3 is 2.61 bits per heavy atom. The number of fused-ring (bicyclic) bond motifs is 1. The molecule has 170 valence electrons. The molecule has 0 aromatic carbocycles. The van der Waals surface area contributed by atoms with Crippen LogP contribution in [0.5, 0.6) is 0 Å².